The molecule has 0 aliphatic heterocycles. The van der Waals surface area contributed by atoms with Crippen molar-refractivity contribution < 1.29 is 4.74 Å². The molecule has 22 heavy (non-hydrogen) atoms. The summed E-state index contributed by atoms with van der Waals surface area (Å²) in [5.41, 5.74) is 1.71. The lowest BCUT2D eigenvalue weighted by atomic mass is 10.2. The molecule has 3 aromatic rings. The normalized spacial score (nSPS) is 10.8. The lowest BCUT2D eigenvalue weighted by molar-refractivity contribution is 0.296. The highest BCUT2D eigenvalue weighted by Crippen LogP contribution is 2.25. The maximum Gasteiger partial charge on any atom is 0.261 e. The molecule has 0 amide bonds. The van der Waals surface area contributed by atoms with Crippen molar-refractivity contribution in [1.29, 1.82) is 0 Å². The molecule has 0 saturated carbocycles. The highest BCUT2D eigenvalue weighted by atomic mass is 35.5. The number of fused-ring (bicyclic) bond motifs is 1. The predicted octanol–water partition coefficient (Wildman–Crippen LogP) is 3.44. The van der Waals surface area contributed by atoms with Gasteiger partial charge in [-0.15, -0.1) is 0 Å². The molecule has 0 bridgehead atoms. The van der Waals surface area contributed by atoms with Crippen molar-refractivity contribution in [2.75, 3.05) is 6.61 Å². The van der Waals surface area contributed by atoms with Gasteiger partial charge in [0, 0.05) is 0 Å². The van der Waals surface area contributed by atoms with E-state index >= 15 is 0 Å². The average molecular weight is 315 g/mol. The first-order valence-corrected chi connectivity index (χ1v) is 7.36. The van der Waals surface area contributed by atoms with Gasteiger partial charge in [-0.05, 0) is 36.8 Å². The van der Waals surface area contributed by atoms with Gasteiger partial charge < -0.3 is 4.74 Å². The monoisotopic (exact) mass is 314 g/mol. The Labute approximate surface area is 132 Å². The van der Waals surface area contributed by atoms with Gasteiger partial charge in [-0.3, -0.25) is 9.36 Å². The van der Waals surface area contributed by atoms with E-state index in [2.05, 4.69) is 4.98 Å². The second kappa shape index (κ2) is 6.20. The minimum Gasteiger partial charge on any atom is -0.490 e. The lowest BCUT2D eigenvalue weighted by Crippen LogP contribution is -2.23. The van der Waals surface area contributed by atoms with Crippen molar-refractivity contribution in [3.8, 4) is 5.75 Å². The number of rotatable bonds is 4. The second-order valence-corrected chi connectivity index (χ2v) is 5.45. The molecule has 0 unspecified atom stereocenters. The summed E-state index contributed by atoms with van der Waals surface area (Å²) >= 11 is 6.08. The maximum absolute atomic E-state index is 12.3. The van der Waals surface area contributed by atoms with Crippen LogP contribution >= 0.6 is 11.6 Å². The summed E-state index contributed by atoms with van der Waals surface area (Å²) in [6, 6.07) is 12.9. The van der Waals surface area contributed by atoms with Gasteiger partial charge in [0.15, 0.2) is 0 Å². The summed E-state index contributed by atoms with van der Waals surface area (Å²) in [5, 5.41) is 1.17. The van der Waals surface area contributed by atoms with E-state index in [4.69, 9.17) is 16.3 Å². The first kappa shape index (κ1) is 14.6. The molecule has 0 fully saturated rings. The molecule has 0 spiro atoms. The largest absolute Gasteiger partial charge is 0.490 e. The van der Waals surface area contributed by atoms with Crippen LogP contribution in [0.1, 0.15) is 5.56 Å². The van der Waals surface area contributed by atoms with Crippen LogP contribution in [0.5, 0.6) is 5.75 Å². The van der Waals surface area contributed by atoms with Crippen molar-refractivity contribution in [2.45, 2.75) is 13.5 Å². The highest BCUT2D eigenvalue weighted by molar-refractivity contribution is 6.32. The molecule has 2 aromatic carbocycles. The quantitative estimate of drug-likeness (QED) is 0.741. The number of aromatic nitrogens is 2. The predicted molar refractivity (Wildman–Crippen MR) is 87.7 cm³/mol. The number of para-hydroxylation sites is 1. The number of aryl methyl sites for hydroxylation is 1. The van der Waals surface area contributed by atoms with Crippen molar-refractivity contribution in [1.82, 2.24) is 9.55 Å². The van der Waals surface area contributed by atoms with Crippen molar-refractivity contribution >= 4 is 22.5 Å². The molecular formula is C17H15ClN2O2. The molecule has 0 atom stereocenters. The summed E-state index contributed by atoms with van der Waals surface area (Å²) in [6.45, 7) is 2.74. The molecule has 4 nitrogen and oxygen atoms in total. The Hall–Kier alpha value is -2.33. The zero-order valence-corrected chi connectivity index (χ0v) is 12.9. The fraction of sp³-hybridized carbons (Fsp3) is 0.176. The number of ether oxygens (including phenoxy) is 1. The lowest BCUT2D eigenvalue weighted by Gasteiger charge is -2.10. The van der Waals surface area contributed by atoms with Crippen LogP contribution < -0.4 is 10.3 Å². The molecule has 0 radical (unpaired) electrons. The van der Waals surface area contributed by atoms with Crippen LogP contribution in [-0.2, 0) is 6.54 Å². The van der Waals surface area contributed by atoms with Crippen LogP contribution in [0.15, 0.2) is 53.6 Å². The van der Waals surface area contributed by atoms with Crippen LogP contribution in [-0.4, -0.2) is 16.2 Å². The van der Waals surface area contributed by atoms with Crippen LogP contribution in [0.3, 0.4) is 0 Å². The molecule has 0 aliphatic carbocycles. The number of halogens is 1. The van der Waals surface area contributed by atoms with Crippen LogP contribution in [0.4, 0.5) is 0 Å². The third kappa shape index (κ3) is 2.97. The van der Waals surface area contributed by atoms with Gasteiger partial charge in [-0.1, -0.05) is 29.8 Å². The summed E-state index contributed by atoms with van der Waals surface area (Å²) in [6.07, 6.45) is 1.55. The van der Waals surface area contributed by atoms with Crippen molar-refractivity contribution in [3.05, 3.63) is 69.7 Å². The van der Waals surface area contributed by atoms with Gasteiger partial charge in [0.1, 0.15) is 12.4 Å². The van der Waals surface area contributed by atoms with Crippen LogP contribution in [0.25, 0.3) is 10.9 Å². The van der Waals surface area contributed by atoms with Gasteiger partial charge >= 0.3 is 0 Å². The van der Waals surface area contributed by atoms with E-state index in [-0.39, 0.29) is 5.56 Å². The molecule has 3 rings (SSSR count). The van der Waals surface area contributed by atoms with E-state index in [1.54, 1.807) is 23.0 Å². The topological polar surface area (TPSA) is 44.1 Å². The fourth-order valence-corrected chi connectivity index (χ4v) is 2.41. The molecule has 112 valence electrons. The Morgan fingerprint density at radius 1 is 1.23 bits per heavy atom. The summed E-state index contributed by atoms with van der Waals surface area (Å²) in [4.78, 5) is 16.6. The Balaban J connectivity index is 1.76. The highest BCUT2D eigenvalue weighted by Gasteiger charge is 2.05. The molecule has 0 saturated heterocycles. The smallest absolute Gasteiger partial charge is 0.261 e. The zero-order chi connectivity index (χ0) is 15.5. The number of hydrogen-bond donors (Lipinski definition) is 0. The van der Waals surface area contributed by atoms with E-state index in [0.29, 0.717) is 34.8 Å². The Morgan fingerprint density at radius 2 is 2.05 bits per heavy atom. The Kier molecular flexibility index (Phi) is 4.11. The maximum atomic E-state index is 12.3. The third-order valence-corrected chi connectivity index (χ3v) is 3.72. The minimum absolute atomic E-state index is 0.0652. The molecule has 0 N–H and O–H groups in total. The SMILES string of the molecule is Cc1ccc(Cl)c(OCCn2cnc3ccccc3c2=O)c1. The van der Waals surface area contributed by atoms with Gasteiger partial charge in [0.2, 0.25) is 0 Å². The molecular weight excluding hydrogens is 300 g/mol. The molecule has 1 heterocycles. The van der Waals surface area contributed by atoms with E-state index in [9.17, 15) is 4.79 Å². The van der Waals surface area contributed by atoms with Gasteiger partial charge in [-0.25, -0.2) is 4.98 Å². The second-order valence-electron chi connectivity index (χ2n) is 5.04. The number of hydrogen-bond acceptors (Lipinski definition) is 3. The van der Waals surface area contributed by atoms with E-state index in [1.807, 2.05) is 37.3 Å². The van der Waals surface area contributed by atoms with Gasteiger partial charge in [0.25, 0.3) is 5.56 Å². The molecule has 0 aliphatic rings. The first-order chi connectivity index (χ1) is 10.6. The number of nitrogens with zero attached hydrogens (tertiary/aromatic N) is 2. The number of benzene rings is 2. The van der Waals surface area contributed by atoms with Crippen LogP contribution in [0.2, 0.25) is 5.02 Å². The van der Waals surface area contributed by atoms with Gasteiger partial charge in [0.05, 0.1) is 28.8 Å². The van der Waals surface area contributed by atoms with Crippen LogP contribution in [0, 0.1) is 6.92 Å². The first-order valence-electron chi connectivity index (χ1n) is 6.98. The van der Waals surface area contributed by atoms with Crippen molar-refractivity contribution in [2.24, 2.45) is 0 Å². The Bertz CT molecular complexity index is 874. The minimum atomic E-state index is -0.0652. The van der Waals surface area contributed by atoms with E-state index < -0.39 is 0 Å². The standard InChI is InChI=1S/C17H15ClN2O2/c1-12-6-7-14(18)16(10-12)22-9-8-20-11-19-15-5-3-2-4-13(15)17(20)21/h2-7,10-11H,8-9H2,1H3. The Morgan fingerprint density at radius 3 is 2.91 bits per heavy atom. The third-order valence-electron chi connectivity index (χ3n) is 3.41. The zero-order valence-electron chi connectivity index (χ0n) is 12.1. The summed E-state index contributed by atoms with van der Waals surface area (Å²) in [5.74, 6) is 0.628. The fourth-order valence-electron chi connectivity index (χ4n) is 2.24. The van der Waals surface area contributed by atoms with E-state index in [0.717, 1.165) is 5.56 Å². The van der Waals surface area contributed by atoms with E-state index in [1.165, 1.54) is 0 Å². The summed E-state index contributed by atoms with van der Waals surface area (Å²) < 4.78 is 7.22. The summed E-state index contributed by atoms with van der Waals surface area (Å²) in [7, 11) is 0. The van der Waals surface area contributed by atoms with Gasteiger partial charge in [-0.2, -0.15) is 0 Å². The molecule has 5 heteroatoms. The average Bonchev–Trinajstić information content (AvgIpc) is 2.53. The van der Waals surface area contributed by atoms with Crippen molar-refractivity contribution in [3.63, 3.8) is 0 Å². The molecule has 1 aromatic heterocycles.